The lowest BCUT2D eigenvalue weighted by atomic mass is 9.98. The summed E-state index contributed by atoms with van der Waals surface area (Å²) in [6.07, 6.45) is 4.03. The van der Waals surface area contributed by atoms with Gasteiger partial charge in [-0.2, -0.15) is 0 Å². The zero-order chi connectivity index (χ0) is 21.4. The van der Waals surface area contributed by atoms with Crippen LogP contribution in [-0.4, -0.2) is 19.9 Å². The maximum absolute atomic E-state index is 11.0. The van der Waals surface area contributed by atoms with Crippen LogP contribution in [0.25, 0.3) is 22.1 Å². The van der Waals surface area contributed by atoms with E-state index < -0.39 is 0 Å². The van der Waals surface area contributed by atoms with Gasteiger partial charge in [-0.1, -0.05) is 53.7 Å². The summed E-state index contributed by atoms with van der Waals surface area (Å²) in [7, 11) is 0. The fourth-order valence-corrected chi connectivity index (χ4v) is 3.09. The molecule has 0 radical (unpaired) electrons. The molecule has 0 aliphatic carbocycles. The highest BCUT2D eigenvalue weighted by Gasteiger charge is 2.05. The molecule has 5 nitrogen and oxygen atoms in total. The van der Waals surface area contributed by atoms with E-state index in [1.165, 1.54) is 17.5 Å². The Morgan fingerprint density at radius 2 is 1.41 bits per heavy atom. The van der Waals surface area contributed by atoms with Crippen LogP contribution in [0.2, 0.25) is 0 Å². The van der Waals surface area contributed by atoms with Gasteiger partial charge >= 0.3 is 5.69 Å². The van der Waals surface area contributed by atoms with Gasteiger partial charge in [-0.3, -0.25) is 0 Å². The van der Waals surface area contributed by atoms with Gasteiger partial charge in [0.1, 0.15) is 0 Å². The van der Waals surface area contributed by atoms with Crippen LogP contribution in [0.1, 0.15) is 81.6 Å². The average Bonchev–Trinajstić information content (AvgIpc) is 3.38. The summed E-state index contributed by atoms with van der Waals surface area (Å²) in [5.41, 5.74) is 6.48. The molecular formula is C24H40N4O. The Balaban J connectivity index is 0. The van der Waals surface area contributed by atoms with Gasteiger partial charge in [0.25, 0.3) is 0 Å². The first-order chi connectivity index (χ1) is 14.0. The second kappa shape index (κ2) is 10.6. The van der Waals surface area contributed by atoms with Crippen LogP contribution in [-0.2, 0) is 0 Å². The molecule has 0 saturated carbocycles. The number of rotatable bonds is 4. The number of nitrogens with one attached hydrogen (secondary N) is 3. The van der Waals surface area contributed by atoms with Crippen molar-refractivity contribution in [1.29, 1.82) is 0 Å². The zero-order valence-corrected chi connectivity index (χ0v) is 18.5. The molecule has 2 aromatic heterocycles. The number of aromatic amines is 3. The summed E-state index contributed by atoms with van der Waals surface area (Å²) in [4.78, 5) is 23.8. The Kier molecular flexibility index (Phi) is 8.25. The van der Waals surface area contributed by atoms with Crippen molar-refractivity contribution in [3.05, 3.63) is 64.3 Å². The first-order valence-corrected chi connectivity index (χ1v) is 10.7. The van der Waals surface area contributed by atoms with E-state index in [4.69, 9.17) is 0 Å². The Labute approximate surface area is 177 Å². The van der Waals surface area contributed by atoms with E-state index in [1.54, 1.807) is 6.33 Å². The van der Waals surface area contributed by atoms with Crippen molar-refractivity contribution in [3.63, 3.8) is 0 Å². The third-order valence-electron chi connectivity index (χ3n) is 5.35. The predicted octanol–water partition coefficient (Wildman–Crippen LogP) is 7.21. The molecule has 3 N–H and O–H groups in total. The molecule has 29 heavy (non-hydrogen) atoms. The van der Waals surface area contributed by atoms with Gasteiger partial charge in [0, 0.05) is 4.28 Å². The Morgan fingerprint density at radius 1 is 0.862 bits per heavy atom. The van der Waals surface area contributed by atoms with E-state index in [0.29, 0.717) is 11.8 Å². The second-order valence-electron chi connectivity index (χ2n) is 7.18. The summed E-state index contributed by atoms with van der Waals surface area (Å²) >= 11 is 0. The van der Waals surface area contributed by atoms with Crippen LogP contribution >= 0.6 is 0 Å². The fraction of sp³-hybridized carbons (Fsp3) is 0.417. The molecule has 0 spiro atoms. The largest absolute Gasteiger partial charge is 0.345 e. The van der Waals surface area contributed by atoms with Crippen molar-refractivity contribution in [3.8, 4) is 0 Å². The number of hydrogen-bond donors (Lipinski definition) is 3. The second-order valence-corrected chi connectivity index (χ2v) is 7.18. The van der Waals surface area contributed by atoms with Gasteiger partial charge < -0.3 is 15.0 Å². The first-order valence-electron chi connectivity index (χ1n) is 10.7. The lowest BCUT2D eigenvalue weighted by Crippen LogP contribution is -1.99. The third-order valence-corrected chi connectivity index (χ3v) is 5.35. The summed E-state index contributed by atoms with van der Waals surface area (Å²) in [5.74, 6) is 1.17. The predicted molar refractivity (Wildman–Crippen MR) is 130 cm³/mol. The van der Waals surface area contributed by atoms with Crippen LogP contribution in [0.15, 0.2) is 47.5 Å². The highest BCUT2D eigenvalue weighted by Crippen LogP contribution is 2.22. The molecule has 0 aliphatic heterocycles. The minimum absolute atomic E-state index is 0. The van der Waals surface area contributed by atoms with Gasteiger partial charge in [-0.15, -0.1) is 0 Å². The molecule has 0 fully saturated rings. The summed E-state index contributed by atoms with van der Waals surface area (Å²) in [6, 6.07) is 12.5. The van der Waals surface area contributed by atoms with E-state index in [0.717, 1.165) is 28.5 Å². The molecule has 0 aliphatic rings. The number of H-pyrrole nitrogens is 3. The van der Waals surface area contributed by atoms with Crippen molar-refractivity contribution in [2.24, 2.45) is 0 Å². The average molecular weight is 401 g/mol. The Morgan fingerprint density at radius 3 is 2.03 bits per heavy atom. The van der Waals surface area contributed by atoms with Crippen molar-refractivity contribution < 1.29 is 4.28 Å². The van der Waals surface area contributed by atoms with E-state index in [-0.39, 0.29) is 9.97 Å². The van der Waals surface area contributed by atoms with Gasteiger partial charge in [0.15, 0.2) is 0 Å². The first kappa shape index (κ1) is 22.5. The van der Waals surface area contributed by atoms with Crippen molar-refractivity contribution in [2.45, 2.75) is 66.2 Å². The smallest absolute Gasteiger partial charge is 0.323 e. The van der Waals surface area contributed by atoms with Gasteiger partial charge in [-0.05, 0) is 60.1 Å². The Hall–Kier alpha value is -2.82. The molecule has 2 aromatic carbocycles. The highest BCUT2D eigenvalue weighted by molar-refractivity contribution is 5.75. The van der Waals surface area contributed by atoms with E-state index in [1.807, 2.05) is 26.0 Å². The molecule has 0 saturated heterocycles. The molecule has 2 unspecified atom stereocenters. The summed E-state index contributed by atoms with van der Waals surface area (Å²) in [6.45, 7) is 12.8. The number of hydrogen-bond acceptors (Lipinski definition) is 2. The quantitative estimate of drug-likeness (QED) is 0.338. The molecule has 0 bridgehead atoms. The summed E-state index contributed by atoms with van der Waals surface area (Å²) < 4.78 is 0. The minimum atomic E-state index is -0.138. The topological polar surface area (TPSA) is 77.3 Å². The highest BCUT2D eigenvalue weighted by atomic mass is 16.1. The van der Waals surface area contributed by atoms with Crippen LogP contribution in [0.3, 0.4) is 0 Å². The molecule has 4 rings (SSSR count). The maximum Gasteiger partial charge on any atom is 0.323 e. The minimum Gasteiger partial charge on any atom is -0.345 e. The monoisotopic (exact) mass is 400 g/mol. The molecule has 162 valence electrons. The number of nitrogens with zero attached hydrogens (tertiary/aromatic N) is 1. The van der Waals surface area contributed by atoms with Gasteiger partial charge in [0.2, 0.25) is 0 Å². The van der Waals surface area contributed by atoms with Crippen LogP contribution in [0, 0.1) is 0 Å². The number of fused-ring (bicyclic) bond motifs is 2. The molecule has 2 heterocycles. The molecule has 5 heteroatoms. The number of benzene rings is 2. The van der Waals surface area contributed by atoms with Crippen molar-refractivity contribution in [1.82, 2.24) is 19.9 Å². The summed E-state index contributed by atoms with van der Waals surface area (Å²) in [5, 5.41) is 0. The molecule has 4 aromatic rings. The van der Waals surface area contributed by atoms with E-state index >= 15 is 0 Å². The normalized spacial score (nSPS) is 12.6. The number of aromatic nitrogens is 4. The van der Waals surface area contributed by atoms with E-state index in [9.17, 15) is 4.79 Å². The third kappa shape index (κ3) is 5.59. The molecule has 2 atom stereocenters. The van der Waals surface area contributed by atoms with Gasteiger partial charge in [-0.25, -0.2) is 9.78 Å². The molecular weight excluding hydrogens is 360 g/mol. The van der Waals surface area contributed by atoms with Crippen LogP contribution < -0.4 is 5.69 Å². The number of imidazole rings is 2. The van der Waals surface area contributed by atoms with Crippen LogP contribution in [0.5, 0.6) is 0 Å². The lowest BCUT2D eigenvalue weighted by molar-refractivity contribution is 0.734. The molecule has 0 amide bonds. The fourth-order valence-electron chi connectivity index (χ4n) is 3.09. The van der Waals surface area contributed by atoms with Crippen molar-refractivity contribution >= 4 is 22.1 Å². The Bertz CT molecular complexity index is 1090. The van der Waals surface area contributed by atoms with Crippen molar-refractivity contribution in [2.75, 3.05) is 0 Å². The zero-order valence-electron chi connectivity index (χ0n) is 18.5. The van der Waals surface area contributed by atoms with Gasteiger partial charge in [0.05, 0.1) is 28.4 Å². The SMILES string of the molecule is CC.CCC(C)c1ccc2[nH]c(=O)[nH]c2c1.CCC(C)c1ccc2nc[nH]c2c1.[HH].[HH].[HH]. The van der Waals surface area contributed by atoms with Crippen LogP contribution in [0.4, 0.5) is 0 Å². The standard InChI is InChI=1S/C11H14N2O.C11H14N2.C2H6.3H2/c1-3-7(2)8-4-5-9-10(6-8)13-11(14)12-9;1-3-8(2)9-4-5-10-11(6-9)13-7-12-10;1-2;;;/h4-7H,3H2,1-2H3,(H2,12,13,14);4-8H,3H2,1-2H3,(H,12,13);1-2H3;3*1H. The lowest BCUT2D eigenvalue weighted by Gasteiger charge is -2.07. The van der Waals surface area contributed by atoms with E-state index in [2.05, 4.69) is 71.9 Å². The maximum atomic E-state index is 11.0.